The van der Waals surface area contributed by atoms with Crippen molar-refractivity contribution in [2.45, 2.75) is 6.54 Å². The normalized spacial score (nSPS) is 10.8. The second-order valence-electron chi connectivity index (χ2n) is 6.00. The Morgan fingerprint density at radius 3 is 2.75 bits per heavy atom. The van der Waals surface area contributed by atoms with E-state index in [2.05, 4.69) is 25.6 Å². The number of pyridine rings is 1. The summed E-state index contributed by atoms with van der Waals surface area (Å²) in [5, 5.41) is 6.29. The lowest BCUT2D eigenvalue weighted by atomic mass is 10.1. The number of nitrogens with one attached hydrogen (secondary N) is 2. The minimum atomic E-state index is 0.378. The zero-order valence-electron chi connectivity index (χ0n) is 15.5. The van der Waals surface area contributed by atoms with E-state index in [-0.39, 0.29) is 0 Å². The number of methoxy groups -OCH3 is 1. The van der Waals surface area contributed by atoms with E-state index in [1.165, 1.54) is 6.39 Å². The number of hydrogen-bond donors (Lipinski definition) is 2. The molecular weight excluding hydrogens is 358 g/mol. The van der Waals surface area contributed by atoms with Crippen molar-refractivity contribution in [2.75, 3.05) is 19.5 Å². The molecule has 0 aliphatic rings. The van der Waals surface area contributed by atoms with Crippen molar-refractivity contribution in [1.82, 2.24) is 20.3 Å². The summed E-state index contributed by atoms with van der Waals surface area (Å²) < 4.78 is 16.7. The lowest BCUT2D eigenvalue weighted by Gasteiger charge is -2.09. The Hall–Kier alpha value is -3.65. The zero-order chi connectivity index (χ0) is 19.3. The maximum atomic E-state index is 5.88. The number of benzene rings is 1. The largest absolute Gasteiger partial charge is 0.496 e. The third kappa shape index (κ3) is 3.58. The summed E-state index contributed by atoms with van der Waals surface area (Å²) in [6.45, 7) is 0.710. The molecule has 0 atom stereocenters. The Labute approximate surface area is 161 Å². The maximum absolute atomic E-state index is 5.88. The van der Waals surface area contributed by atoms with E-state index in [9.17, 15) is 0 Å². The van der Waals surface area contributed by atoms with Gasteiger partial charge in [0.05, 0.1) is 25.1 Å². The lowest BCUT2D eigenvalue weighted by Crippen LogP contribution is -2.06. The van der Waals surface area contributed by atoms with Crippen LogP contribution in [0.5, 0.6) is 5.75 Å². The van der Waals surface area contributed by atoms with Crippen molar-refractivity contribution in [3.8, 4) is 28.4 Å². The molecule has 2 N–H and O–H groups in total. The fourth-order valence-corrected chi connectivity index (χ4v) is 2.89. The number of aromatic nitrogens is 3. The van der Waals surface area contributed by atoms with Crippen LogP contribution in [-0.4, -0.2) is 29.1 Å². The third-order valence-corrected chi connectivity index (χ3v) is 4.20. The van der Waals surface area contributed by atoms with Crippen molar-refractivity contribution in [2.24, 2.45) is 0 Å². The Bertz CT molecular complexity index is 1060. The Morgan fingerprint density at radius 1 is 1.04 bits per heavy atom. The van der Waals surface area contributed by atoms with Crippen LogP contribution in [0, 0.1) is 0 Å². The highest BCUT2D eigenvalue weighted by Crippen LogP contribution is 2.33. The summed E-state index contributed by atoms with van der Waals surface area (Å²) in [6, 6.07) is 7.95. The van der Waals surface area contributed by atoms with Crippen LogP contribution in [0.25, 0.3) is 22.6 Å². The molecule has 3 aromatic heterocycles. The van der Waals surface area contributed by atoms with E-state index in [1.54, 1.807) is 31.9 Å². The molecular formula is C20H19N5O3. The van der Waals surface area contributed by atoms with Gasteiger partial charge >= 0.3 is 0 Å². The van der Waals surface area contributed by atoms with Gasteiger partial charge in [0.25, 0.3) is 6.01 Å². The molecule has 4 rings (SSSR count). The highest BCUT2D eigenvalue weighted by Gasteiger charge is 2.13. The third-order valence-electron chi connectivity index (χ3n) is 4.20. The average Bonchev–Trinajstić information content (AvgIpc) is 3.41. The molecule has 0 spiro atoms. The molecule has 0 saturated carbocycles. The maximum Gasteiger partial charge on any atom is 0.299 e. The molecule has 0 radical (unpaired) electrons. The molecule has 0 aliphatic heterocycles. The van der Waals surface area contributed by atoms with Gasteiger partial charge in [-0.25, -0.2) is 9.97 Å². The van der Waals surface area contributed by atoms with Crippen LogP contribution in [0.1, 0.15) is 5.56 Å². The fraction of sp³-hybridized carbons (Fsp3) is 0.150. The zero-order valence-corrected chi connectivity index (χ0v) is 15.5. The number of rotatable bonds is 7. The van der Waals surface area contributed by atoms with E-state index in [4.69, 9.17) is 13.6 Å². The van der Waals surface area contributed by atoms with Crippen LogP contribution in [-0.2, 0) is 6.54 Å². The van der Waals surface area contributed by atoms with Gasteiger partial charge in [-0.3, -0.25) is 4.98 Å². The van der Waals surface area contributed by atoms with Gasteiger partial charge in [0.2, 0.25) is 0 Å². The highest BCUT2D eigenvalue weighted by atomic mass is 16.5. The molecule has 28 heavy (non-hydrogen) atoms. The van der Waals surface area contributed by atoms with E-state index < -0.39 is 0 Å². The van der Waals surface area contributed by atoms with Crippen LogP contribution in [0.2, 0.25) is 0 Å². The number of ether oxygens (including phenoxy) is 1. The Kier molecular flexibility index (Phi) is 5.03. The predicted octanol–water partition coefficient (Wildman–Crippen LogP) is 3.86. The highest BCUT2D eigenvalue weighted by molar-refractivity contribution is 5.71. The summed E-state index contributed by atoms with van der Waals surface area (Å²) in [7, 11) is 3.50. The van der Waals surface area contributed by atoms with Crippen LogP contribution >= 0.6 is 0 Å². The van der Waals surface area contributed by atoms with Gasteiger partial charge < -0.3 is 24.2 Å². The Balaban J connectivity index is 1.58. The van der Waals surface area contributed by atoms with Crippen molar-refractivity contribution >= 4 is 11.7 Å². The molecule has 0 fully saturated rings. The summed E-state index contributed by atoms with van der Waals surface area (Å²) in [5.41, 5.74) is 3.56. The smallest absolute Gasteiger partial charge is 0.299 e. The van der Waals surface area contributed by atoms with Gasteiger partial charge in [0, 0.05) is 36.3 Å². The van der Waals surface area contributed by atoms with Crippen molar-refractivity contribution < 1.29 is 13.6 Å². The molecule has 8 nitrogen and oxygen atoms in total. The van der Waals surface area contributed by atoms with E-state index in [0.717, 1.165) is 22.4 Å². The van der Waals surface area contributed by atoms with Gasteiger partial charge in [-0.05, 0) is 30.8 Å². The molecule has 0 bridgehead atoms. The number of hydrogen-bond acceptors (Lipinski definition) is 8. The van der Waals surface area contributed by atoms with Crippen LogP contribution < -0.4 is 15.4 Å². The number of nitrogens with zero attached hydrogens (tertiary/aromatic N) is 3. The van der Waals surface area contributed by atoms with Gasteiger partial charge in [-0.15, -0.1) is 0 Å². The van der Waals surface area contributed by atoms with E-state index in [1.807, 2.05) is 31.3 Å². The standard InChI is InChI=1S/C20H19N5O3/c1-21-8-13-5-6-22-9-16(13)19-11-24-20(28-19)25-14-3-4-15(17(7-14)26-2)18-10-23-12-27-18/h3-7,9-12,21H,8H2,1-2H3,(H,24,25). The summed E-state index contributed by atoms with van der Waals surface area (Å²) in [4.78, 5) is 12.5. The second kappa shape index (κ2) is 7.93. The second-order valence-corrected chi connectivity index (χ2v) is 6.00. The van der Waals surface area contributed by atoms with E-state index in [0.29, 0.717) is 29.8 Å². The SMILES string of the molecule is CNCc1ccncc1-c1cnc(Nc2ccc(-c3cnco3)c(OC)c2)o1. The van der Waals surface area contributed by atoms with E-state index >= 15 is 0 Å². The van der Waals surface area contributed by atoms with Crippen molar-refractivity contribution in [1.29, 1.82) is 0 Å². The minimum absolute atomic E-state index is 0.378. The molecule has 0 amide bonds. The molecule has 8 heteroatoms. The van der Waals surface area contributed by atoms with Crippen LogP contribution in [0.4, 0.5) is 11.7 Å². The molecule has 3 heterocycles. The monoisotopic (exact) mass is 377 g/mol. The first-order chi connectivity index (χ1) is 13.8. The summed E-state index contributed by atoms with van der Waals surface area (Å²) >= 11 is 0. The first-order valence-corrected chi connectivity index (χ1v) is 8.66. The molecule has 0 unspecified atom stereocenters. The topological polar surface area (TPSA) is 98.2 Å². The van der Waals surface area contributed by atoms with Gasteiger partial charge in [-0.2, -0.15) is 0 Å². The fourth-order valence-electron chi connectivity index (χ4n) is 2.89. The van der Waals surface area contributed by atoms with Crippen molar-refractivity contribution in [3.05, 3.63) is 61.0 Å². The molecule has 0 saturated heterocycles. The Morgan fingerprint density at radius 2 is 1.96 bits per heavy atom. The van der Waals surface area contributed by atoms with Crippen LogP contribution in [0.3, 0.4) is 0 Å². The molecule has 4 aromatic rings. The quantitative estimate of drug-likeness (QED) is 0.501. The first kappa shape index (κ1) is 17.7. The lowest BCUT2D eigenvalue weighted by molar-refractivity contribution is 0.415. The number of anilines is 2. The molecule has 1 aromatic carbocycles. The predicted molar refractivity (Wildman–Crippen MR) is 104 cm³/mol. The molecule has 142 valence electrons. The summed E-state index contributed by atoms with van der Waals surface area (Å²) in [6.07, 6.45) is 8.23. The van der Waals surface area contributed by atoms with Gasteiger partial charge in [0.15, 0.2) is 17.9 Å². The molecule has 0 aliphatic carbocycles. The van der Waals surface area contributed by atoms with Gasteiger partial charge in [0.1, 0.15) is 5.75 Å². The van der Waals surface area contributed by atoms with Crippen molar-refractivity contribution in [3.63, 3.8) is 0 Å². The number of oxazole rings is 2. The average molecular weight is 377 g/mol. The first-order valence-electron chi connectivity index (χ1n) is 8.66. The minimum Gasteiger partial charge on any atom is -0.496 e. The van der Waals surface area contributed by atoms with Gasteiger partial charge in [-0.1, -0.05) is 0 Å². The van der Waals surface area contributed by atoms with Crippen LogP contribution in [0.15, 0.2) is 64.3 Å². The summed E-state index contributed by atoms with van der Waals surface area (Å²) in [5.74, 6) is 1.93.